The van der Waals surface area contributed by atoms with E-state index in [1.165, 1.54) is 11.1 Å². The van der Waals surface area contributed by atoms with Crippen molar-refractivity contribution in [2.75, 3.05) is 5.88 Å². The third kappa shape index (κ3) is 2.66. The molecule has 1 heterocycles. The molecule has 108 valence electrons. The minimum absolute atomic E-state index is 0.533. The van der Waals surface area contributed by atoms with Gasteiger partial charge in [0, 0.05) is 18.0 Å². The molecule has 0 amide bonds. The molecule has 3 rings (SSSR count). The number of fused-ring (bicyclic) bond motifs is 1. The number of rotatable bonds is 3. The molecule has 2 aromatic carbocycles. The molecule has 0 atom stereocenters. The maximum atomic E-state index is 6.41. The molecule has 4 heteroatoms. The zero-order chi connectivity index (χ0) is 15.0. The van der Waals surface area contributed by atoms with Gasteiger partial charge in [-0.15, -0.1) is 11.6 Å². The summed E-state index contributed by atoms with van der Waals surface area (Å²) in [6, 6.07) is 12.3. The van der Waals surface area contributed by atoms with Crippen LogP contribution in [-0.2, 0) is 6.42 Å². The monoisotopic (exact) mass is 318 g/mol. The van der Waals surface area contributed by atoms with Gasteiger partial charge >= 0.3 is 0 Å². The molecule has 0 aliphatic carbocycles. The van der Waals surface area contributed by atoms with Crippen molar-refractivity contribution in [1.82, 2.24) is 9.55 Å². The number of nitrogens with zero attached hydrogens (tertiary/aromatic N) is 2. The van der Waals surface area contributed by atoms with Crippen LogP contribution in [0, 0.1) is 13.8 Å². The number of hydrogen-bond donors (Lipinski definition) is 0. The first kappa shape index (κ1) is 14.4. The van der Waals surface area contributed by atoms with Gasteiger partial charge in [-0.05, 0) is 49.2 Å². The van der Waals surface area contributed by atoms with Crippen molar-refractivity contribution in [1.29, 1.82) is 0 Å². The van der Waals surface area contributed by atoms with Gasteiger partial charge in [0.1, 0.15) is 5.82 Å². The normalized spacial score (nSPS) is 11.2. The van der Waals surface area contributed by atoms with Crippen LogP contribution in [0.3, 0.4) is 0 Å². The highest BCUT2D eigenvalue weighted by Crippen LogP contribution is 2.29. The molecule has 2 nitrogen and oxygen atoms in total. The lowest BCUT2D eigenvalue weighted by atomic mass is 10.1. The Bertz CT molecular complexity index is 786. The van der Waals surface area contributed by atoms with Gasteiger partial charge in [-0.3, -0.25) is 4.57 Å². The average Bonchev–Trinajstić information content (AvgIpc) is 2.77. The van der Waals surface area contributed by atoms with E-state index in [1.807, 2.05) is 18.2 Å². The second-order valence-electron chi connectivity index (χ2n) is 5.26. The predicted molar refractivity (Wildman–Crippen MR) is 90.0 cm³/mol. The number of hydrogen-bond acceptors (Lipinski definition) is 1. The van der Waals surface area contributed by atoms with Gasteiger partial charge in [-0.2, -0.15) is 0 Å². The zero-order valence-corrected chi connectivity index (χ0v) is 13.5. The van der Waals surface area contributed by atoms with Crippen LogP contribution in [0.15, 0.2) is 36.4 Å². The highest BCUT2D eigenvalue weighted by Gasteiger charge is 2.15. The molecule has 0 saturated heterocycles. The Morgan fingerprint density at radius 2 is 1.81 bits per heavy atom. The van der Waals surface area contributed by atoms with Crippen LogP contribution in [0.1, 0.15) is 17.0 Å². The summed E-state index contributed by atoms with van der Waals surface area (Å²) in [6.07, 6.45) is 0.708. The molecule has 0 bridgehead atoms. The average molecular weight is 319 g/mol. The summed E-state index contributed by atoms with van der Waals surface area (Å²) in [4.78, 5) is 4.69. The van der Waals surface area contributed by atoms with E-state index in [0.29, 0.717) is 17.3 Å². The number of para-hydroxylation sites is 1. The number of aromatic nitrogens is 2. The van der Waals surface area contributed by atoms with Crippen molar-refractivity contribution in [3.05, 3.63) is 58.4 Å². The second kappa shape index (κ2) is 5.70. The fourth-order valence-electron chi connectivity index (χ4n) is 2.74. The largest absolute Gasteiger partial charge is 0.295 e. The molecule has 0 saturated carbocycles. The summed E-state index contributed by atoms with van der Waals surface area (Å²) >= 11 is 12.4. The molecular weight excluding hydrogens is 303 g/mol. The van der Waals surface area contributed by atoms with E-state index in [1.54, 1.807) is 0 Å². The Morgan fingerprint density at radius 3 is 2.48 bits per heavy atom. The molecule has 1 aromatic heterocycles. The van der Waals surface area contributed by atoms with Crippen molar-refractivity contribution in [3.63, 3.8) is 0 Å². The Hall–Kier alpha value is -1.51. The Labute approximate surface area is 134 Å². The smallest absolute Gasteiger partial charge is 0.115 e. The Balaban J connectivity index is 2.35. The van der Waals surface area contributed by atoms with Gasteiger partial charge in [0.15, 0.2) is 0 Å². The van der Waals surface area contributed by atoms with Crippen molar-refractivity contribution >= 4 is 34.2 Å². The minimum Gasteiger partial charge on any atom is -0.295 e. The van der Waals surface area contributed by atoms with Gasteiger partial charge in [0.2, 0.25) is 0 Å². The Kier molecular flexibility index (Phi) is 3.92. The summed E-state index contributed by atoms with van der Waals surface area (Å²) < 4.78 is 2.13. The van der Waals surface area contributed by atoms with Crippen molar-refractivity contribution in [2.45, 2.75) is 20.3 Å². The number of imidazole rings is 1. The number of alkyl halides is 1. The predicted octanol–water partition coefficient (Wildman–Crippen LogP) is 5.08. The molecule has 0 aliphatic rings. The molecule has 21 heavy (non-hydrogen) atoms. The molecule has 0 spiro atoms. The SMILES string of the molecule is Cc1cc(C)cc(-n2c(CCCl)nc3cccc(Cl)c32)c1. The standard InChI is InChI=1S/C17H16Cl2N2/c1-11-8-12(2)10-13(9-11)21-16(6-7-18)20-15-5-3-4-14(19)17(15)21/h3-5,8-10H,6-7H2,1-2H3. The van der Waals surface area contributed by atoms with E-state index in [9.17, 15) is 0 Å². The quantitative estimate of drug-likeness (QED) is 0.616. The number of aryl methyl sites for hydroxylation is 3. The lowest BCUT2D eigenvalue weighted by Crippen LogP contribution is -2.03. The summed E-state index contributed by atoms with van der Waals surface area (Å²) in [5, 5.41) is 0.708. The maximum absolute atomic E-state index is 6.41. The summed E-state index contributed by atoms with van der Waals surface area (Å²) in [7, 11) is 0. The van der Waals surface area contributed by atoms with Gasteiger partial charge in [0.25, 0.3) is 0 Å². The lowest BCUT2D eigenvalue weighted by Gasteiger charge is -2.11. The summed E-state index contributed by atoms with van der Waals surface area (Å²) in [5.41, 5.74) is 5.38. The maximum Gasteiger partial charge on any atom is 0.115 e. The van der Waals surface area contributed by atoms with Crippen LogP contribution in [0.25, 0.3) is 16.7 Å². The summed E-state index contributed by atoms with van der Waals surface area (Å²) in [6.45, 7) is 4.19. The molecule has 0 N–H and O–H groups in total. The zero-order valence-electron chi connectivity index (χ0n) is 12.0. The first-order valence-corrected chi connectivity index (χ1v) is 7.82. The molecule has 0 fully saturated rings. The van der Waals surface area contributed by atoms with Crippen LogP contribution in [0.5, 0.6) is 0 Å². The highest BCUT2D eigenvalue weighted by atomic mass is 35.5. The van der Waals surface area contributed by atoms with Crippen molar-refractivity contribution in [3.8, 4) is 5.69 Å². The van der Waals surface area contributed by atoms with E-state index in [0.717, 1.165) is 22.5 Å². The van der Waals surface area contributed by atoms with E-state index >= 15 is 0 Å². The van der Waals surface area contributed by atoms with Crippen molar-refractivity contribution in [2.24, 2.45) is 0 Å². The first-order valence-electron chi connectivity index (χ1n) is 6.90. The topological polar surface area (TPSA) is 17.8 Å². The van der Waals surface area contributed by atoms with Crippen LogP contribution >= 0.6 is 23.2 Å². The number of benzene rings is 2. The van der Waals surface area contributed by atoms with Gasteiger partial charge in [0.05, 0.1) is 16.1 Å². The van der Waals surface area contributed by atoms with Crippen LogP contribution < -0.4 is 0 Å². The fourth-order valence-corrected chi connectivity index (χ4v) is 3.17. The lowest BCUT2D eigenvalue weighted by molar-refractivity contribution is 0.910. The van der Waals surface area contributed by atoms with Gasteiger partial charge in [-0.25, -0.2) is 4.98 Å². The van der Waals surface area contributed by atoms with E-state index in [2.05, 4.69) is 36.6 Å². The van der Waals surface area contributed by atoms with Gasteiger partial charge in [-0.1, -0.05) is 23.7 Å². The van der Waals surface area contributed by atoms with E-state index < -0.39 is 0 Å². The fraction of sp³-hybridized carbons (Fsp3) is 0.235. The van der Waals surface area contributed by atoms with Gasteiger partial charge < -0.3 is 0 Å². The first-order chi connectivity index (χ1) is 10.1. The molecule has 3 aromatic rings. The van der Waals surface area contributed by atoms with E-state index in [-0.39, 0.29) is 0 Å². The summed E-state index contributed by atoms with van der Waals surface area (Å²) in [5.74, 6) is 1.48. The molecular formula is C17H16Cl2N2. The van der Waals surface area contributed by atoms with Crippen LogP contribution in [0.2, 0.25) is 5.02 Å². The molecule has 0 aliphatic heterocycles. The van der Waals surface area contributed by atoms with E-state index in [4.69, 9.17) is 28.2 Å². The second-order valence-corrected chi connectivity index (χ2v) is 6.04. The van der Waals surface area contributed by atoms with Crippen LogP contribution in [0.4, 0.5) is 0 Å². The molecule has 0 radical (unpaired) electrons. The van der Waals surface area contributed by atoms with Crippen LogP contribution in [-0.4, -0.2) is 15.4 Å². The Morgan fingerprint density at radius 1 is 1.10 bits per heavy atom. The number of halogens is 2. The third-order valence-corrected chi connectivity index (χ3v) is 3.97. The highest BCUT2D eigenvalue weighted by molar-refractivity contribution is 6.35. The van der Waals surface area contributed by atoms with Crippen molar-refractivity contribution < 1.29 is 0 Å². The molecule has 0 unspecified atom stereocenters. The minimum atomic E-state index is 0.533. The third-order valence-electron chi connectivity index (χ3n) is 3.48.